The fourth-order valence-electron chi connectivity index (χ4n) is 6.65. The second kappa shape index (κ2) is 6.55. The molecular weight excluding hydrogens is 388 g/mol. The zero-order chi connectivity index (χ0) is 21.3. The molecule has 0 radical (unpaired) electrons. The smallest absolute Gasteiger partial charge is 0.0679 e. The van der Waals surface area contributed by atoms with Gasteiger partial charge in [0.1, 0.15) is 0 Å². The maximum atomic E-state index is 2.62. The van der Waals surface area contributed by atoms with Crippen LogP contribution in [0.25, 0.3) is 33.7 Å². The normalized spacial score (nSPS) is 20.0. The molecule has 0 aliphatic heterocycles. The highest BCUT2D eigenvalue weighted by atomic mass is 28.3. The van der Waals surface area contributed by atoms with Crippen molar-refractivity contribution in [2.75, 3.05) is 0 Å². The van der Waals surface area contributed by atoms with Gasteiger partial charge in [-0.2, -0.15) is 0 Å². The molecule has 4 aromatic carbocycles. The predicted octanol–water partition coefficient (Wildman–Crippen LogP) is 8.48. The molecule has 0 heterocycles. The van der Waals surface area contributed by atoms with Crippen LogP contribution in [0.3, 0.4) is 0 Å². The average Bonchev–Trinajstić information content (AvgIpc) is 3.27. The first-order chi connectivity index (χ1) is 14.9. The van der Waals surface area contributed by atoms with Gasteiger partial charge < -0.3 is 0 Å². The summed E-state index contributed by atoms with van der Waals surface area (Å²) >= 11 is 0. The largest absolute Gasteiger partial charge is 0.0722 e. The Morgan fingerprint density at radius 2 is 1.23 bits per heavy atom. The minimum atomic E-state index is -1.78. The summed E-state index contributed by atoms with van der Waals surface area (Å²) in [6.45, 7) is 9.96. The molecule has 2 aliphatic rings. The van der Waals surface area contributed by atoms with Gasteiger partial charge >= 0.3 is 0 Å². The Morgan fingerprint density at radius 3 is 2.00 bits per heavy atom. The van der Waals surface area contributed by atoms with Gasteiger partial charge in [-0.3, -0.25) is 0 Å². The molecule has 6 rings (SSSR count). The SMILES string of the molecule is CC1=Cc2cc3ccccc3cc2C1[Si](C)(C)C1C(C)=Cc2c1ccc1ccccc21. The van der Waals surface area contributed by atoms with Crippen molar-refractivity contribution >= 4 is 41.8 Å². The van der Waals surface area contributed by atoms with E-state index in [1.165, 1.54) is 32.7 Å². The number of hydrogen-bond acceptors (Lipinski definition) is 0. The molecule has 2 atom stereocenters. The zero-order valence-electron chi connectivity index (χ0n) is 18.7. The monoisotopic (exact) mass is 416 g/mol. The van der Waals surface area contributed by atoms with E-state index >= 15 is 0 Å². The minimum absolute atomic E-state index is 0.554. The highest BCUT2D eigenvalue weighted by Gasteiger charge is 2.46. The average molecular weight is 417 g/mol. The van der Waals surface area contributed by atoms with Crippen LogP contribution in [0.15, 0.2) is 83.9 Å². The van der Waals surface area contributed by atoms with Crippen LogP contribution in [0, 0.1) is 0 Å². The fourth-order valence-corrected chi connectivity index (χ4v) is 11.6. The third-order valence-electron chi connectivity index (χ3n) is 7.73. The van der Waals surface area contributed by atoms with E-state index in [9.17, 15) is 0 Å². The zero-order valence-corrected chi connectivity index (χ0v) is 19.7. The van der Waals surface area contributed by atoms with Crippen LogP contribution in [0.1, 0.15) is 47.2 Å². The summed E-state index contributed by atoms with van der Waals surface area (Å²) in [6, 6.07) is 27.3. The van der Waals surface area contributed by atoms with Crippen molar-refractivity contribution < 1.29 is 0 Å². The van der Waals surface area contributed by atoms with Gasteiger partial charge in [-0.1, -0.05) is 103 Å². The van der Waals surface area contributed by atoms with Crippen LogP contribution in [-0.4, -0.2) is 8.07 Å². The first-order valence-corrected chi connectivity index (χ1v) is 14.5. The first kappa shape index (κ1) is 18.8. The Morgan fingerprint density at radius 1 is 0.613 bits per heavy atom. The maximum absolute atomic E-state index is 2.62. The van der Waals surface area contributed by atoms with Gasteiger partial charge in [-0.05, 0) is 63.7 Å². The molecule has 0 aromatic heterocycles. The van der Waals surface area contributed by atoms with E-state index in [0.29, 0.717) is 11.1 Å². The van der Waals surface area contributed by atoms with E-state index in [4.69, 9.17) is 0 Å². The van der Waals surface area contributed by atoms with Crippen LogP contribution < -0.4 is 0 Å². The van der Waals surface area contributed by atoms with E-state index in [-0.39, 0.29) is 0 Å². The van der Waals surface area contributed by atoms with E-state index < -0.39 is 8.07 Å². The van der Waals surface area contributed by atoms with Crippen LogP contribution in [0.2, 0.25) is 13.1 Å². The molecule has 1 heteroatoms. The Balaban J connectivity index is 1.52. The Hall–Kier alpha value is -2.90. The van der Waals surface area contributed by atoms with Gasteiger partial charge in [0.05, 0.1) is 8.07 Å². The molecule has 0 nitrogen and oxygen atoms in total. The lowest BCUT2D eigenvalue weighted by Gasteiger charge is -2.39. The van der Waals surface area contributed by atoms with Crippen molar-refractivity contribution in [3.05, 3.63) is 106 Å². The second-order valence-corrected chi connectivity index (χ2v) is 14.9. The first-order valence-electron chi connectivity index (χ1n) is 11.4. The fraction of sp³-hybridized carbons (Fsp3) is 0.200. The van der Waals surface area contributed by atoms with Gasteiger partial charge in [0, 0.05) is 11.1 Å². The van der Waals surface area contributed by atoms with Crippen LogP contribution in [0.4, 0.5) is 0 Å². The van der Waals surface area contributed by atoms with E-state index in [1.807, 2.05) is 0 Å². The van der Waals surface area contributed by atoms with Crippen LogP contribution in [0.5, 0.6) is 0 Å². The summed E-state index contributed by atoms with van der Waals surface area (Å²) in [6.07, 6.45) is 4.93. The van der Waals surface area contributed by atoms with Crippen molar-refractivity contribution in [2.45, 2.75) is 38.0 Å². The third-order valence-corrected chi connectivity index (χ3v) is 12.2. The molecule has 4 aromatic rings. The molecule has 0 saturated carbocycles. The highest BCUT2D eigenvalue weighted by Crippen LogP contribution is 2.53. The molecule has 2 aliphatic carbocycles. The Bertz CT molecular complexity index is 1420. The number of rotatable bonds is 2. The van der Waals surface area contributed by atoms with E-state index in [2.05, 4.69) is 112 Å². The third kappa shape index (κ3) is 2.66. The topological polar surface area (TPSA) is 0 Å². The summed E-state index contributed by atoms with van der Waals surface area (Å²) in [5.41, 5.74) is 10.2. The molecule has 31 heavy (non-hydrogen) atoms. The summed E-state index contributed by atoms with van der Waals surface area (Å²) in [5, 5.41) is 5.46. The Labute approximate surface area is 185 Å². The number of fused-ring (bicyclic) bond motifs is 5. The van der Waals surface area contributed by atoms with Gasteiger partial charge in [0.15, 0.2) is 0 Å². The summed E-state index contributed by atoms with van der Waals surface area (Å²) in [5.74, 6) is 0. The van der Waals surface area contributed by atoms with Crippen molar-refractivity contribution in [3.63, 3.8) is 0 Å². The van der Waals surface area contributed by atoms with Crippen LogP contribution in [-0.2, 0) is 0 Å². The Kier molecular flexibility index (Phi) is 3.98. The van der Waals surface area contributed by atoms with E-state index in [1.54, 1.807) is 22.3 Å². The molecule has 0 bridgehead atoms. The van der Waals surface area contributed by atoms with Crippen LogP contribution >= 0.6 is 0 Å². The van der Waals surface area contributed by atoms with Crippen molar-refractivity contribution in [3.8, 4) is 0 Å². The molecule has 0 saturated heterocycles. The molecule has 0 amide bonds. The maximum Gasteiger partial charge on any atom is 0.0722 e. The summed E-state index contributed by atoms with van der Waals surface area (Å²) in [7, 11) is -1.78. The van der Waals surface area contributed by atoms with E-state index in [0.717, 1.165) is 0 Å². The van der Waals surface area contributed by atoms with Gasteiger partial charge in [0.25, 0.3) is 0 Å². The van der Waals surface area contributed by atoms with Crippen molar-refractivity contribution in [2.24, 2.45) is 0 Å². The van der Waals surface area contributed by atoms with Gasteiger partial charge in [-0.15, -0.1) is 0 Å². The second-order valence-electron chi connectivity index (χ2n) is 10.1. The molecule has 152 valence electrons. The summed E-state index contributed by atoms with van der Waals surface area (Å²) in [4.78, 5) is 0. The lowest BCUT2D eigenvalue weighted by molar-refractivity contribution is 0.970. The molecule has 0 fully saturated rings. The lowest BCUT2D eigenvalue weighted by Crippen LogP contribution is -2.42. The molecule has 0 spiro atoms. The summed E-state index contributed by atoms with van der Waals surface area (Å²) < 4.78 is 0. The van der Waals surface area contributed by atoms with Crippen molar-refractivity contribution in [1.29, 1.82) is 0 Å². The molecule has 0 N–H and O–H groups in total. The van der Waals surface area contributed by atoms with Gasteiger partial charge in [-0.25, -0.2) is 0 Å². The quantitative estimate of drug-likeness (QED) is 0.287. The standard InChI is InChI=1S/C30H28Si/c1-19-15-24-17-22-10-5-6-11-23(22)18-27(24)30(19)31(3,4)29-20(2)16-28-25-12-8-7-9-21(25)13-14-26(28)29/h5-18,29-30H,1-4H3. The lowest BCUT2D eigenvalue weighted by atomic mass is 10.0. The predicted molar refractivity (Wildman–Crippen MR) is 138 cm³/mol. The number of hydrogen-bond donors (Lipinski definition) is 0. The number of allylic oxidation sites excluding steroid dienone is 2. The van der Waals surface area contributed by atoms with Crippen molar-refractivity contribution in [1.82, 2.24) is 0 Å². The highest BCUT2D eigenvalue weighted by molar-refractivity contribution is 6.81. The minimum Gasteiger partial charge on any atom is -0.0679 e. The number of benzene rings is 4. The molecule has 2 unspecified atom stereocenters. The molecular formula is C30H28Si. The van der Waals surface area contributed by atoms with Gasteiger partial charge in [0.2, 0.25) is 0 Å².